The average molecular weight is 252 g/mol. The highest BCUT2D eigenvalue weighted by molar-refractivity contribution is 6.31. The van der Waals surface area contributed by atoms with Gasteiger partial charge < -0.3 is 15.1 Å². The van der Waals surface area contributed by atoms with Crippen LogP contribution in [0.3, 0.4) is 0 Å². The molecule has 0 aliphatic carbocycles. The number of nitrogens with one attached hydrogen (secondary N) is 1. The monoisotopic (exact) mass is 251 g/mol. The van der Waals surface area contributed by atoms with Crippen molar-refractivity contribution in [1.29, 1.82) is 0 Å². The summed E-state index contributed by atoms with van der Waals surface area (Å²) in [6.45, 7) is 2.10. The summed E-state index contributed by atoms with van der Waals surface area (Å²) in [6.07, 6.45) is 0. The number of likely N-dealkylation sites (N-methyl/N-ethyl adjacent to an activating group) is 1. The Morgan fingerprint density at radius 2 is 2.24 bits per heavy atom. The average Bonchev–Trinajstić information content (AvgIpc) is 2.30. The molecule has 1 aromatic carbocycles. The van der Waals surface area contributed by atoms with Gasteiger partial charge in [-0.1, -0.05) is 11.6 Å². The molecule has 2 aliphatic rings. The molecular formula is C12H14ClN3O. The predicted octanol–water partition coefficient (Wildman–Crippen LogP) is 1.09. The van der Waals surface area contributed by atoms with Crippen LogP contribution in [-0.4, -0.2) is 38.6 Å². The van der Waals surface area contributed by atoms with Crippen molar-refractivity contribution in [2.75, 3.05) is 36.5 Å². The summed E-state index contributed by atoms with van der Waals surface area (Å²) in [5.41, 5.74) is 2.00. The molecular weight excluding hydrogens is 238 g/mol. The minimum Gasteiger partial charge on any atom is -0.371 e. The molecule has 1 unspecified atom stereocenters. The Balaban J connectivity index is 2.10. The summed E-state index contributed by atoms with van der Waals surface area (Å²) >= 11 is 6.01. The fourth-order valence-electron chi connectivity index (χ4n) is 2.62. The number of nitrogens with zero attached hydrogens (tertiary/aromatic N) is 2. The highest BCUT2D eigenvalue weighted by Crippen LogP contribution is 2.37. The van der Waals surface area contributed by atoms with Crippen LogP contribution in [0.4, 0.5) is 11.4 Å². The van der Waals surface area contributed by atoms with Gasteiger partial charge in [0.15, 0.2) is 0 Å². The van der Waals surface area contributed by atoms with Gasteiger partial charge in [0.2, 0.25) is 5.91 Å². The molecule has 1 amide bonds. The lowest BCUT2D eigenvalue weighted by Crippen LogP contribution is -2.61. The number of hydrogen-bond acceptors (Lipinski definition) is 3. The van der Waals surface area contributed by atoms with E-state index in [4.69, 9.17) is 11.6 Å². The van der Waals surface area contributed by atoms with E-state index in [1.807, 2.05) is 30.1 Å². The summed E-state index contributed by atoms with van der Waals surface area (Å²) in [4.78, 5) is 16.1. The van der Waals surface area contributed by atoms with Gasteiger partial charge in [0.1, 0.15) is 0 Å². The van der Waals surface area contributed by atoms with E-state index >= 15 is 0 Å². The molecule has 1 saturated heterocycles. The Bertz CT molecular complexity index is 477. The molecule has 3 rings (SSSR count). The van der Waals surface area contributed by atoms with Crippen LogP contribution in [0.25, 0.3) is 0 Å². The van der Waals surface area contributed by atoms with E-state index in [9.17, 15) is 4.79 Å². The van der Waals surface area contributed by atoms with Crippen LogP contribution in [0.15, 0.2) is 18.2 Å². The summed E-state index contributed by atoms with van der Waals surface area (Å²) < 4.78 is 0. The van der Waals surface area contributed by atoms with E-state index in [2.05, 4.69) is 10.2 Å². The number of halogens is 1. The van der Waals surface area contributed by atoms with E-state index in [-0.39, 0.29) is 11.9 Å². The minimum atomic E-state index is 0.137. The number of hydrogen-bond donors (Lipinski definition) is 1. The quantitative estimate of drug-likeness (QED) is 0.750. The molecule has 17 heavy (non-hydrogen) atoms. The molecule has 1 fully saturated rings. The van der Waals surface area contributed by atoms with Crippen molar-refractivity contribution in [3.63, 3.8) is 0 Å². The van der Waals surface area contributed by atoms with Crippen molar-refractivity contribution in [2.24, 2.45) is 0 Å². The van der Waals surface area contributed by atoms with Gasteiger partial charge in [0.05, 0.1) is 24.0 Å². The molecule has 5 heteroatoms. The molecule has 1 atom stereocenters. The summed E-state index contributed by atoms with van der Waals surface area (Å²) in [7, 11) is 2.03. The first-order chi connectivity index (χ1) is 8.16. The molecule has 2 heterocycles. The Kier molecular flexibility index (Phi) is 2.49. The Morgan fingerprint density at radius 1 is 1.41 bits per heavy atom. The molecule has 1 aromatic rings. The number of piperazine rings is 1. The highest BCUT2D eigenvalue weighted by Gasteiger charge is 2.35. The Morgan fingerprint density at radius 3 is 3.06 bits per heavy atom. The van der Waals surface area contributed by atoms with Crippen molar-refractivity contribution in [2.45, 2.75) is 6.04 Å². The third-order valence-electron chi connectivity index (χ3n) is 3.38. The molecule has 0 saturated carbocycles. The maximum atomic E-state index is 12.0. The standard InChI is InChI=1S/C12H14ClN3O/c1-15-7-9-5-14-6-12(17)16(9)10-3-2-8(13)4-11(10)15/h2-4,9,14H,5-7H2,1H3. The van der Waals surface area contributed by atoms with Crippen molar-refractivity contribution in [3.8, 4) is 0 Å². The van der Waals surface area contributed by atoms with Gasteiger partial charge in [0, 0.05) is 25.2 Å². The van der Waals surface area contributed by atoms with Gasteiger partial charge in [-0.15, -0.1) is 0 Å². The van der Waals surface area contributed by atoms with Crippen molar-refractivity contribution < 1.29 is 4.79 Å². The summed E-state index contributed by atoms with van der Waals surface area (Å²) in [5, 5.41) is 3.86. The van der Waals surface area contributed by atoms with Gasteiger partial charge in [-0.25, -0.2) is 0 Å². The van der Waals surface area contributed by atoms with Crippen LogP contribution in [-0.2, 0) is 4.79 Å². The molecule has 1 N–H and O–H groups in total. The maximum Gasteiger partial charge on any atom is 0.241 e. The lowest BCUT2D eigenvalue weighted by atomic mass is 10.1. The molecule has 0 aromatic heterocycles. The van der Waals surface area contributed by atoms with Crippen molar-refractivity contribution in [1.82, 2.24) is 5.32 Å². The van der Waals surface area contributed by atoms with Crippen LogP contribution in [0.5, 0.6) is 0 Å². The van der Waals surface area contributed by atoms with E-state index in [1.54, 1.807) is 0 Å². The summed E-state index contributed by atoms with van der Waals surface area (Å²) in [5.74, 6) is 0.137. The third-order valence-corrected chi connectivity index (χ3v) is 3.62. The van der Waals surface area contributed by atoms with Crippen LogP contribution in [0, 0.1) is 0 Å². The zero-order chi connectivity index (χ0) is 12.0. The van der Waals surface area contributed by atoms with Gasteiger partial charge in [-0.3, -0.25) is 4.79 Å². The first-order valence-corrected chi connectivity index (χ1v) is 6.08. The Hall–Kier alpha value is -1.26. The number of anilines is 2. The van der Waals surface area contributed by atoms with Crippen LogP contribution >= 0.6 is 11.6 Å². The number of rotatable bonds is 0. The van der Waals surface area contributed by atoms with Crippen molar-refractivity contribution >= 4 is 28.9 Å². The van der Waals surface area contributed by atoms with Crippen LogP contribution in [0.1, 0.15) is 0 Å². The van der Waals surface area contributed by atoms with E-state index in [0.717, 1.165) is 24.5 Å². The second-order valence-corrected chi connectivity index (χ2v) is 5.00. The Labute approximate surface area is 105 Å². The largest absolute Gasteiger partial charge is 0.371 e. The van der Waals surface area contributed by atoms with E-state index < -0.39 is 0 Å². The zero-order valence-corrected chi connectivity index (χ0v) is 10.4. The number of amides is 1. The number of carbonyl (C=O) groups is 1. The SMILES string of the molecule is CN1CC2CNCC(=O)N2c2ccc(Cl)cc21. The van der Waals surface area contributed by atoms with Gasteiger partial charge >= 0.3 is 0 Å². The lowest BCUT2D eigenvalue weighted by Gasteiger charge is -2.44. The molecule has 4 nitrogen and oxygen atoms in total. The van der Waals surface area contributed by atoms with E-state index in [0.29, 0.717) is 11.6 Å². The fourth-order valence-corrected chi connectivity index (χ4v) is 2.79. The first kappa shape index (κ1) is 10.9. The zero-order valence-electron chi connectivity index (χ0n) is 9.61. The fraction of sp³-hybridized carbons (Fsp3) is 0.417. The molecule has 0 radical (unpaired) electrons. The molecule has 2 aliphatic heterocycles. The van der Waals surface area contributed by atoms with Gasteiger partial charge in [0.25, 0.3) is 0 Å². The second kappa shape index (κ2) is 3.89. The topological polar surface area (TPSA) is 35.6 Å². The number of fused-ring (bicyclic) bond motifs is 3. The predicted molar refractivity (Wildman–Crippen MR) is 68.9 cm³/mol. The van der Waals surface area contributed by atoms with Gasteiger partial charge in [-0.2, -0.15) is 0 Å². The molecule has 0 bridgehead atoms. The first-order valence-electron chi connectivity index (χ1n) is 5.70. The van der Waals surface area contributed by atoms with Crippen LogP contribution in [0.2, 0.25) is 5.02 Å². The molecule has 0 spiro atoms. The normalized spacial score (nSPS) is 23.4. The van der Waals surface area contributed by atoms with Gasteiger partial charge in [-0.05, 0) is 18.2 Å². The van der Waals surface area contributed by atoms with Crippen LogP contribution < -0.4 is 15.1 Å². The lowest BCUT2D eigenvalue weighted by molar-refractivity contribution is -0.119. The van der Waals surface area contributed by atoms with Crippen molar-refractivity contribution in [3.05, 3.63) is 23.2 Å². The second-order valence-electron chi connectivity index (χ2n) is 4.56. The smallest absolute Gasteiger partial charge is 0.241 e. The summed E-state index contributed by atoms with van der Waals surface area (Å²) in [6, 6.07) is 5.91. The minimum absolute atomic E-state index is 0.137. The highest BCUT2D eigenvalue weighted by atomic mass is 35.5. The maximum absolute atomic E-state index is 12.0. The number of benzene rings is 1. The van der Waals surface area contributed by atoms with E-state index in [1.165, 1.54) is 0 Å². The molecule has 90 valence electrons. The number of carbonyl (C=O) groups excluding carboxylic acids is 1. The third kappa shape index (κ3) is 1.68.